The summed E-state index contributed by atoms with van der Waals surface area (Å²) in [5.41, 5.74) is -0.0578. The van der Waals surface area contributed by atoms with E-state index in [1.165, 1.54) is 12.3 Å². The molecule has 18 heavy (non-hydrogen) atoms. The van der Waals surface area contributed by atoms with Gasteiger partial charge in [0.2, 0.25) is 0 Å². The summed E-state index contributed by atoms with van der Waals surface area (Å²) in [5, 5.41) is 10.5. The van der Waals surface area contributed by atoms with Gasteiger partial charge < -0.3 is 9.64 Å². The fraction of sp³-hybridized carbons (Fsp3) is 0.455. The van der Waals surface area contributed by atoms with E-state index in [1.807, 2.05) is 0 Å². The van der Waals surface area contributed by atoms with E-state index in [-0.39, 0.29) is 18.1 Å². The normalized spacial score (nSPS) is 9.89. The Bertz CT molecular complexity index is 419. The van der Waals surface area contributed by atoms with Crippen LogP contribution in [0.3, 0.4) is 0 Å². The molecule has 98 valence electrons. The molecule has 1 heterocycles. The first-order valence-electron chi connectivity index (χ1n) is 5.51. The van der Waals surface area contributed by atoms with Gasteiger partial charge in [-0.05, 0) is 13.0 Å². The lowest BCUT2D eigenvalue weighted by molar-refractivity contribution is -0.385. The molecule has 7 nitrogen and oxygen atoms in total. The van der Waals surface area contributed by atoms with Gasteiger partial charge in [-0.2, -0.15) is 0 Å². The van der Waals surface area contributed by atoms with Gasteiger partial charge in [0.25, 0.3) is 5.69 Å². The Morgan fingerprint density at radius 3 is 2.78 bits per heavy atom. The minimum absolute atomic E-state index is 0.0578. The lowest BCUT2D eigenvalue weighted by Crippen LogP contribution is -2.22. The number of esters is 1. The Hall–Kier alpha value is -2.18. The fourth-order valence-corrected chi connectivity index (χ4v) is 1.32. The summed E-state index contributed by atoms with van der Waals surface area (Å²) in [7, 11) is 1.76. The molecule has 0 amide bonds. The van der Waals surface area contributed by atoms with Crippen LogP contribution in [0.4, 0.5) is 11.5 Å². The summed E-state index contributed by atoms with van der Waals surface area (Å²) >= 11 is 0. The van der Waals surface area contributed by atoms with E-state index in [0.29, 0.717) is 19.0 Å². The number of anilines is 1. The van der Waals surface area contributed by atoms with Gasteiger partial charge in [-0.15, -0.1) is 0 Å². The molecule has 0 aliphatic rings. The van der Waals surface area contributed by atoms with Gasteiger partial charge >= 0.3 is 5.97 Å². The highest BCUT2D eigenvalue weighted by molar-refractivity contribution is 5.70. The van der Waals surface area contributed by atoms with Crippen LogP contribution in [-0.2, 0) is 9.53 Å². The maximum Gasteiger partial charge on any atom is 0.307 e. The maximum absolute atomic E-state index is 11.2. The van der Waals surface area contributed by atoms with E-state index >= 15 is 0 Å². The molecule has 0 unspecified atom stereocenters. The van der Waals surface area contributed by atoms with Gasteiger partial charge in [-0.1, -0.05) is 0 Å². The van der Waals surface area contributed by atoms with Crippen molar-refractivity contribution < 1.29 is 14.5 Å². The Labute approximate surface area is 105 Å². The molecule has 0 aliphatic carbocycles. The van der Waals surface area contributed by atoms with Crippen molar-refractivity contribution in [2.45, 2.75) is 13.3 Å². The topological polar surface area (TPSA) is 85.6 Å². The first-order valence-corrected chi connectivity index (χ1v) is 5.51. The predicted octanol–water partition coefficient (Wildman–Crippen LogP) is 1.38. The molecule has 0 spiro atoms. The summed E-state index contributed by atoms with van der Waals surface area (Å²) < 4.78 is 4.80. The van der Waals surface area contributed by atoms with Crippen LogP contribution in [0, 0.1) is 10.1 Å². The van der Waals surface area contributed by atoms with Crippen LogP contribution in [0.2, 0.25) is 0 Å². The average Bonchev–Trinajstić information content (AvgIpc) is 2.36. The molecule has 1 aromatic heterocycles. The standard InChI is InChI=1S/C11H15N3O4/c1-3-18-11(15)6-7-13(2)10-5-4-9(8-12-10)14(16)17/h4-5,8H,3,6-7H2,1-2H3. The summed E-state index contributed by atoms with van der Waals surface area (Å²) in [6.45, 7) is 2.56. The van der Waals surface area contributed by atoms with Crippen molar-refractivity contribution in [1.29, 1.82) is 0 Å². The molecule has 1 aromatic rings. The number of rotatable bonds is 6. The minimum atomic E-state index is -0.505. The van der Waals surface area contributed by atoms with Crippen molar-refractivity contribution in [3.8, 4) is 0 Å². The monoisotopic (exact) mass is 253 g/mol. The lowest BCUT2D eigenvalue weighted by Gasteiger charge is -2.16. The Morgan fingerprint density at radius 1 is 1.56 bits per heavy atom. The summed E-state index contributed by atoms with van der Waals surface area (Å²) in [4.78, 5) is 26.8. The molecular formula is C11H15N3O4. The summed E-state index contributed by atoms with van der Waals surface area (Å²) in [5.74, 6) is 0.302. The summed E-state index contributed by atoms with van der Waals surface area (Å²) in [6, 6.07) is 2.92. The number of aromatic nitrogens is 1. The molecule has 0 saturated carbocycles. The van der Waals surface area contributed by atoms with Crippen LogP contribution in [-0.4, -0.2) is 36.1 Å². The molecule has 0 radical (unpaired) electrons. The van der Waals surface area contributed by atoms with E-state index in [2.05, 4.69) is 4.98 Å². The first kappa shape index (κ1) is 13.9. The number of carbonyl (C=O) groups excluding carboxylic acids is 1. The third kappa shape index (κ3) is 4.00. The van der Waals surface area contributed by atoms with Crippen LogP contribution >= 0.6 is 0 Å². The second kappa shape index (κ2) is 6.53. The fourth-order valence-electron chi connectivity index (χ4n) is 1.32. The number of carbonyl (C=O) groups is 1. The van der Waals surface area contributed by atoms with Crippen LogP contribution in [0.5, 0.6) is 0 Å². The van der Waals surface area contributed by atoms with Crippen LogP contribution in [0.1, 0.15) is 13.3 Å². The SMILES string of the molecule is CCOC(=O)CCN(C)c1ccc([N+](=O)[O-])cn1. The highest BCUT2D eigenvalue weighted by Crippen LogP contribution is 2.14. The molecular weight excluding hydrogens is 238 g/mol. The molecule has 0 aromatic carbocycles. The predicted molar refractivity (Wildman–Crippen MR) is 65.4 cm³/mol. The smallest absolute Gasteiger partial charge is 0.307 e. The second-order valence-corrected chi connectivity index (χ2v) is 3.61. The Balaban J connectivity index is 2.53. The van der Waals surface area contributed by atoms with Crippen LogP contribution < -0.4 is 4.90 Å². The number of nitrogens with zero attached hydrogens (tertiary/aromatic N) is 3. The molecule has 1 rings (SSSR count). The van der Waals surface area contributed by atoms with Gasteiger partial charge in [0.05, 0.1) is 18.0 Å². The number of nitro groups is 1. The largest absolute Gasteiger partial charge is 0.466 e. The van der Waals surface area contributed by atoms with Gasteiger partial charge in [-0.25, -0.2) is 4.98 Å². The number of pyridine rings is 1. The highest BCUT2D eigenvalue weighted by atomic mass is 16.6. The van der Waals surface area contributed by atoms with E-state index in [0.717, 1.165) is 0 Å². The third-order valence-corrected chi connectivity index (χ3v) is 2.29. The van der Waals surface area contributed by atoms with E-state index < -0.39 is 4.92 Å². The quantitative estimate of drug-likeness (QED) is 0.432. The van der Waals surface area contributed by atoms with Crippen molar-refractivity contribution in [1.82, 2.24) is 4.98 Å². The molecule has 0 aliphatic heterocycles. The molecule has 0 fully saturated rings. The number of hydrogen-bond donors (Lipinski definition) is 0. The zero-order chi connectivity index (χ0) is 13.5. The summed E-state index contributed by atoms with van der Waals surface area (Å²) in [6.07, 6.45) is 1.44. The van der Waals surface area contributed by atoms with Crippen molar-refractivity contribution >= 4 is 17.5 Å². The van der Waals surface area contributed by atoms with Gasteiger partial charge in [0.1, 0.15) is 12.0 Å². The number of hydrogen-bond acceptors (Lipinski definition) is 6. The maximum atomic E-state index is 11.2. The number of ether oxygens (including phenoxy) is 1. The molecule has 0 atom stereocenters. The van der Waals surface area contributed by atoms with Crippen molar-refractivity contribution in [3.05, 3.63) is 28.4 Å². The molecule has 0 saturated heterocycles. The molecule has 0 bridgehead atoms. The first-order chi connectivity index (χ1) is 8.54. The second-order valence-electron chi connectivity index (χ2n) is 3.61. The van der Waals surface area contributed by atoms with Crippen LogP contribution in [0.25, 0.3) is 0 Å². The van der Waals surface area contributed by atoms with Gasteiger partial charge in [0.15, 0.2) is 0 Å². The lowest BCUT2D eigenvalue weighted by atomic mass is 10.3. The third-order valence-electron chi connectivity index (χ3n) is 2.29. The highest BCUT2D eigenvalue weighted by Gasteiger charge is 2.09. The van der Waals surface area contributed by atoms with Crippen LogP contribution in [0.15, 0.2) is 18.3 Å². The molecule has 7 heteroatoms. The van der Waals surface area contributed by atoms with Gasteiger partial charge in [0, 0.05) is 19.7 Å². The van der Waals surface area contributed by atoms with E-state index in [4.69, 9.17) is 4.74 Å². The van der Waals surface area contributed by atoms with E-state index in [9.17, 15) is 14.9 Å². The zero-order valence-electron chi connectivity index (χ0n) is 10.3. The molecule has 0 N–H and O–H groups in total. The minimum Gasteiger partial charge on any atom is -0.466 e. The van der Waals surface area contributed by atoms with Crippen molar-refractivity contribution in [2.24, 2.45) is 0 Å². The Kier molecular flexibility index (Phi) is 5.04. The van der Waals surface area contributed by atoms with Crippen molar-refractivity contribution in [2.75, 3.05) is 25.1 Å². The van der Waals surface area contributed by atoms with Gasteiger partial charge in [-0.3, -0.25) is 14.9 Å². The van der Waals surface area contributed by atoms with Crippen molar-refractivity contribution in [3.63, 3.8) is 0 Å². The Morgan fingerprint density at radius 2 is 2.28 bits per heavy atom. The van der Waals surface area contributed by atoms with E-state index in [1.54, 1.807) is 24.9 Å². The zero-order valence-corrected chi connectivity index (χ0v) is 10.3. The average molecular weight is 253 g/mol.